The lowest BCUT2D eigenvalue weighted by molar-refractivity contribution is -0.122. The zero-order chi connectivity index (χ0) is 26.6. The number of likely N-dealkylation sites (tertiary alicyclic amines) is 1. The van der Waals surface area contributed by atoms with E-state index in [0.29, 0.717) is 36.7 Å². The van der Waals surface area contributed by atoms with E-state index in [1.165, 1.54) is 4.90 Å². The molecule has 3 amide bonds. The fourth-order valence-corrected chi connectivity index (χ4v) is 4.48. The molecule has 37 heavy (non-hydrogen) atoms. The van der Waals surface area contributed by atoms with Gasteiger partial charge in [0.2, 0.25) is 0 Å². The van der Waals surface area contributed by atoms with Gasteiger partial charge in [0.25, 0.3) is 11.8 Å². The highest BCUT2D eigenvalue weighted by molar-refractivity contribution is 7.80. The van der Waals surface area contributed by atoms with E-state index in [4.69, 9.17) is 21.7 Å². The van der Waals surface area contributed by atoms with Crippen molar-refractivity contribution in [2.75, 3.05) is 18.0 Å². The SMILES string of the molecule is CC(C)(C)OC(=O)N1CCC(C/C=C2/C(=O)NC(=S)N(c3ccc(Oc4ccccc4)cc3)C2=O)CC1. The number of amides is 3. The molecule has 0 aromatic heterocycles. The standard InChI is InChI=1S/C28H31N3O5S/c1-28(2,3)36-27(34)30-17-15-19(16-18-30)9-14-23-24(32)29-26(37)31(25(23)33)20-10-12-22(13-11-20)35-21-7-5-4-6-8-21/h4-8,10-14,19H,9,15-18H2,1-3H3,(H,29,32,37)/b23-14-. The first-order valence-electron chi connectivity index (χ1n) is 12.3. The fourth-order valence-electron chi connectivity index (χ4n) is 4.19. The Balaban J connectivity index is 1.38. The lowest BCUT2D eigenvalue weighted by Gasteiger charge is -2.33. The molecule has 0 bridgehead atoms. The Bertz CT molecular complexity index is 1200. The zero-order valence-electron chi connectivity index (χ0n) is 21.2. The highest BCUT2D eigenvalue weighted by Crippen LogP contribution is 2.28. The van der Waals surface area contributed by atoms with Gasteiger partial charge in [0, 0.05) is 13.1 Å². The van der Waals surface area contributed by atoms with Crippen molar-refractivity contribution in [3.8, 4) is 11.5 Å². The molecule has 2 aliphatic heterocycles. The molecule has 0 unspecified atom stereocenters. The van der Waals surface area contributed by atoms with E-state index in [9.17, 15) is 14.4 Å². The third kappa shape index (κ3) is 6.74. The van der Waals surface area contributed by atoms with Gasteiger partial charge in [0.05, 0.1) is 5.69 Å². The van der Waals surface area contributed by atoms with Crippen molar-refractivity contribution in [3.63, 3.8) is 0 Å². The molecule has 0 saturated carbocycles. The topological polar surface area (TPSA) is 88.2 Å². The number of thiocarbonyl (C=S) groups is 1. The van der Waals surface area contributed by atoms with Crippen LogP contribution in [-0.2, 0) is 14.3 Å². The predicted octanol–water partition coefficient (Wildman–Crippen LogP) is 5.19. The smallest absolute Gasteiger partial charge is 0.410 e. The maximum atomic E-state index is 13.3. The number of piperidine rings is 1. The molecule has 2 heterocycles. The van der Waals surface area contributed by atoms with Crippen molar-refractivity contribution in [3.05, 3.63) is 66.2 Å². The maximum absolute atomic E-state index is 13.3. The molecule has 2 aromatic rings. The van der Waals surface area contributed by atoms with Gasteiger partial charge in [-0.25, -0.2) is 4.79 Å². The first-order chi connectivity index (χ1) is 17.6. The minimum Gasteiger partial charge on any atom is -0.457 e. The van der Waals surface area contributed by atoms with Gasteiger partial charge in [-0.05, 0) is 94.6 Å². The van der Waals surface area contributed by atoms with Gasteiger partial charge in [-0.15, -0.1) is 0 Å². The van der Waals surface area contributed by atoms with Crippen LogP contribution in [0.2, 0.25) is 0 Å². The summed E-state index contributed by atoms with van der Waals surface area (Å²) in [5.74, 6) is 0.610. The number of hydrogen-bond acceptors (Lipinski definition) is 6. The average Bonchev–Trinajstić information content (AvgIpc) is 2.85. The molecule has 2 aliphatic rings. The summed E-state index contributed by atoms with van der Waals surface area (Å²) < 4.78 is 11.3. The minimum absolute atomic E-state index is 0.0366. The Hall–Kier alpha value is -3.72. The van der Waals surface area contributed by atoms with Crippen LogP contribution in [0.3, 0.4) is 0 Å². The summed E-state index contributed by atoms with van der Waals surface area (Å²) in [6, 6.07) is 16.3. The average molecular weight is 522 g/mol. The van der Waals surface area contributed by atoms with Crippen molar-refractivity contribution in [1.29, 1.82) is 0 Å². The van der Waals surface area contributed by atoms with Gasteiger partial charge in [-0.2, -0.15) is 0 Å². The van der Waals surface area contributed by atoms with Gasteiger partial charge < -0.3 is 14.4 Å². The highest BCUT2D eigenvalue weighted by atomic mass is 32.1. The van der Waals surface area contributed by atoms with E-state index in [1.807, 2.05) is 51.1 Å². The molecule has 2 fully saturated rings. The van der Waals surface area contributed by atoms with Crippen LogP contribution in [0, 0.1) is 5.92 Å². The van der Waals surface area contributed by atoms with E-state index in [2.05, 4.69) is 5.32 Å². The second-order valence-corrected chi connectivity index (χ2v) is 10.5. The summed E-state index contributed by atoms with van der Waals surface area (Å²) in [7, 11) is 0. The van der Waals surface area contributed by atoms with Gasteiger partial charge in [-0.3, -0.25) is 19.8 Å². The number of hydrogen-bond donors (Lipinski definition) is 1. The minimum atomic E-state index is -0.533. The van der Waals surface area contributed by atoms with E-state index in [0.717, 1.165) is 12.8 Å². The molecule has 4 rings (SSSR count). The maximum Gasteiger partial charge on any atom is 0.410 e. The predicted molar refractivity (Wildman–Crippen MR) is 144 cm³/mol. The Morgan fingerprint density at radius 1 is 1.03 bits per heavy atom. The quantitative estimate of drug-likeness (QED) is 0.331. The van der Waals surface area contributed by atoms with Crippen molar-refractivity contribution >= 4 is 40.9 Å². The first kappa shape index (κ1) is 26.3. The Labute approximate surface area is 222 Å². The van der Waals surface area contributed by atoms with Crippen molar-refractivity contribution < 1.29 is 23.9 Å². The van der Waals surface area contributed by atoms with Crippen LogP contribution in [0.25, 0.3) is 0 Å². The monoisotopic (exact) mass is 521 g/mol. The molecular weight excluding hydrogens is 490 g/mol. The number of allylic oxidation sites excluding steroid dienone is 1. The summed E-state index contributed by atoms with van der Waals surface area (Å²) >= 11 is 5.30. The molecule has 1 N–H and O–H groups in total. The summed E-state index contributed by atoms with van der Waals surface area (Å²) in [6.45, 7) is 6.70. The molecule has 0 atom stereocenters. The van der Waals surface area contributed by atoms with Gasteiger partial charge in [0.1, 0.15) is 22.7 Å². The fraction of sp³-hybridized carbons (Fsp3) is 0.357. The molecular formula is C28H31N3O5S. The lowest BCUT2D eigenvalue weighted by atomic mass is 9.92. The van der Waals surface area contributed by atoms with Crippen LogP contribution in [0.5, 0.6) is 11.5 Å². The van der Waals surface area contributed by atoms with Gasteiger partial charge in [0.15, 0.2) is 5.11 Å². The summed E-state index contributed by atoms with van der Waals surface area (Å²) in [5.41, 5.74) is 0.0640. The van der Waals surface area contributed by atoms with Crippen LogP contribution in [0.15, 0.2) is 66.2 Å². The highest BCUT2D eigenvalue weighted by Gasteiger charge is 2.35. The first-order valence-corrected chi connectivity index (χ1v) is 12.7. The van der Waals surface area contributed by atoms with Crippen LogP contribution in [0.4, 0.5) is 10.5 Å². The molecule has 2 aromatic carbocycles. The van der Waals surface area contributed by atoms with Crippen LogP contribution < -0.4 is 15.0 Å². The van der Waals surface area contributed by atoms with Crippen molar-refractivity contribution in [2.45, 2.75) is 45.6 Å². The Morgan fingerprint density at radius 2 is 1.65 bits per heavy atom. The van der Waals surface area contributed by atoms with Crippen LogP contribution in [-0.4, -0.2) is 46.6 Å². The second-order valence-electron chi connectivity index (χ2n) is 10.1. The summed E-state index contributed by atoms with van der Waals surface area (Å²) in [4.78, 5) is 41.2. The van der Waals surface area contributed by atoms with Crippen molar-refractivity contribution in [1.82, 2.24) is 10.2 Å². The summed E-state index contributed by atoms with van der Waals surface area (Å²) in [5, 5.41) is 2.66. The summed E-state index contributed by atoms with van der Waals surface area (Å²) in [6.07, 6.45) is 3.47. The zero-order valence-corrected chi connectivity index (χ0v) is 22.0. The number of anilines is 1. The molecule has 0 aliphatic carbocycles. The number of benzene rings is 2. The molecule has 194 valence electrons. The van der Waals surface area contributed by atoms with E-state index in [-0.39, 0.29) is 22.7 Å². The number of carbonyl (C=O) groups excluding carboxylic acids is 3. The molecule has 0 spiro atoms. The largest absolute Gasteiger partial charge is 0.457 e. The van der Waals surface area contributed by atoms with Gasteiger partial charge >= 0.3 is 6.09 Å². The Morgan fingerprint density at radius 3 is 2.27 bits per heavy atom. The van der Waals surface area contributed by atoms with E-state index >= 15 is 0 Å². The molecule has 8 nitrogen and oxygen atoms in total. The molecule has 2 saturated heterocycles. The normalized spacial score (nSPS) is 18.1. The van der Waals surface area contributed by atoms with Gasteiger partial charge in [-0.1, -0.05) is 24.3 Å². The van der Waals surface area contributed by atoms with Crippen LogP contribution in [0.1, 0.15) is 40.0 Å². The number of ether oxygens (including phenoxy) is 2. The number of carbonyl (C=O) groups is 3. The molecule has 0 radical (unpaired) electrons. The molecule has 9 heteroatoms. The number of nitrogens with zero attached hydrogens (tertiary/aromatic N) is 2. The number of nitrogens with one attached hydrogen (secondary N) is 1. The van der Waals surface area contributed by atoms with E-state index in [1.54, 1.807) is 35.2 Å². The third-order valence-corrected chi connectivity index (χ3v) is 6.38. The Kier molecular flexibility index (Phi) is 7.92. The number of para-hydroxylation sites is 1. The lowest BCUT2D eigenvalue weighted by Crippen LogP contribution is -2.54. The van der Waals surface area contributed by atoms with E-state index < -0.39 is 17.4 Å². The van der Waals surface area contributed by atoms with Crippen molar-refractivity contribution in [2.24, 2.45) is 5.92 Å². The van der Waals surface area contributed by atoms with Crippen LogP contribution >= 0.6 is 12.2 Å². The third-order valence-electron chi connectivity index (χ3n) is 6.10. The second kappa shape index (κ2) is 11.1. The number of rotatable bonds is 5.